The van der Waals surface area contributed by atoms with Gasteiger partial charge in [-0.2, -0.15) is 5.10 Å². The number of β-amino-alcohol motifs (C(OH)–C–C–N with tert-alkyl or cyclic N) is 1. The summed E-state index contributed by atoms with van der Waals surface area (Å²) < 4.78 is 13.7. The molecule has 0 radical (unpaired) electrons. The summed E-state index contributed by atoms with van der Waals surface area (Å²) in [5.41, 5.74) is 4.20. The molecule has 2 heterocycles. The molecule has 2 aromatic carbocycles. The van der Waals surface area contributed by atoms with Crippen molar-refractivity contribution in [2.45, 2.75) is 32.9 Å². The zero-order chi connectivity index (χ0) is 24.6. The number of benzene rings is 2. The van der Waals surface area contributed by atoms with Crippen LogP contribution in [0.3, 0.4) is 0 Å². The molecule has 1 atom stereocenters. The number of aryl methyl sites for hydroxylation is 2. The van der Waals surface area contributed by atoms with E-state index in [1.165, 1.54) is 5.56 Å². The molecular weight excluding hydrogens is 440 g/mol. The Kier molecular flexibility index (Phi) is 8.93. The average molecular weight is 479 g/mol. The van der Waals surface area contributed by atoms with Gasteiger partial charge >= 0.3 is 0 Å². The van der Waals surface area contributed by atoms with Crippen molar-refractivity contribution in [3.8, 4) is 22.9 Å². The van der Waals surface area contributed by atoms with Gasteiger partial charge in [0.1, 0.15) is 11.4 Å². The van der Waals surface area contributed by atoms with Crippen molar-refractivity contribution in [1.82, 2.24) is 19.6 Å². The van der Waals surface area contributed by atoms with Crippen LogP contribution in [0.5, 0.6) is 11.6 Å². The van der Waals surface area contributed by atoms with Gasteiger partial charge < -0.3 is 14.6 Å². The number of morpholine rings is 1. The third-order valence-corrected chi connectivity index (χ3v) is 6.33. The Morgan fingerprint density at radius 2 is 1.80 bits per heavy atom. The molecule has 7 heteroatoms. The molecule has 1 aromatic heterocycles. The molecule has 0 amide bonds. The van der Waals surface area contributed by atoms with Crippen molar-refractivity contribution in [2.24, 2.45) is 7.05 Å². The summed E-state index contributed by atoms with van der Waals surface area (Å²) in [5.74, 6) is 1.52. The molecule has 0 spiro atoms. The first-order valence-corrected chi connectivity index (χ1v) is 12.6. The number of hydrogen-bond donors (Lipinski definition) is 1. The van der Waals surface area contributed by atoms with Crippen LogP contribution in [-0.2, 0) is 18.3 Å². The van der Waals surface area contributed by atoms with Crippen LogP contribution in [-0.4, -0.2) is 76.7 Å². The Balaban J connectivity index is 1.59. The first kappa shape index (κ1) is 25.4. The molecule has 4 rings (SSSR count). The van der Waals surface area contributed by atoms with Gasteiger partial charge in [-0.1, -0.05) is 55.0 Å². The minimum atomic E-state index is -0.432. The van der Waals surface area contributed by atoms with E-state index in [4.69, 9.17) is 14.6 Å². The van der Waals surface area contributed by atoms with Crippen LogP contribution in [0.2, 0.25) is 0 Å². The third kappa shape index (κ3) is 6.92. The lowest BCUT2D eigenvalue weighted by molar-refractivity contribution is 0.00624. The predicted octanol–water partition coefficient (Wildman–Crippen LogP) is 4.09. The highest BCUT2D eigenvalue weighted by Gasteiger charge is 2.24. The van der Waals surface area contributed by atoms with Gasteiger partial charge in [0.25, 0.3) is 0 Å². The second kappa shape index (κ2) is 12.3. The Morgan fingerprint density at radius 1 is 1.09 bits per heavy atom. The maximum Gasteiger partial charge on any atom is 0.222 e. The summed E-state index contributed by atoms with van der Waals surface area (Å²) in [6.07, 6.45) is 0.567. The van der Waals surface area contributed by atoms with Crippen LogP contribution in [0.4, 0.5) is 0 Å². The molecule has 1 aliphatic rings. The Hall–Kier alpha value is -2.71. The summed E-state index contributed by atoms with van der Waals surface area (Å²) in [4.78, 5) is 4.60. The summed E-state index contributed by atoms with van der Waals surface area (Å²) in [5, 5.41) is 15.8. The van der Waals surface area contributed by atoms with Crippen LogP contribution < -0.4 is 4.74 Å². The topological polar surface area (TPSA) is 63.0 Å². The molecule has 1 fully saturated rings. The van der Waals surface area contributed by atoms with Gasteiger partial charge in [-0.15, -0.1) is 0 Å². The number of aliphatic hydroxyl groups excluding tert-OH is 1. The molecule has 7 nitrogen and oxygen atoms in total. The van der Waals surface area contributed by atoms with E-state index in [0.29, 0.717) is 19.6 Å². The summed E-state index contributed by atoms with van der Waals surface area (Å²) in [6, 6.07) is 18.3. The number of ether oxygens (including phenoxy) is 2. The molecule has 188 valence electrons. The number of rotatable bonds is 11. The van der Waals surface area contributed by atoms with Crippen LogP contribution in [0, 0.1) is 6.92 Å². The van der Waals surface area contributed by atoms with Gasteiger partial charge in [0, 0.05) is 45.3 Å². The predicted molar refractivity (Wildman–Crippen MR) is 139 cm³/mol. The van der Waals surface area contributed by atoms with Crippen molar-refractivity contribution in [3.05, 3.63) is 65.7 Å². The zero-order valence-corrected chi connectivity index (χ0v) is 21.2. The van der Waals surface area contributed by atoms with Crippen molar-refractivity contribution >= 4 is 0 Å². The van der Waals surface area contributed by atoms with E-state index in [1.807, 2.05) is 42.1 Å². The lowest BCUT2D eigenvalue weighted by Gasteiger charge is -2.31. The van der Waals surface area contributed by atoms with Gasteiger partial charge in [0.15, 0.2) is 0 Å². The monoisotopic (exact) mass is 478 g/mol. The molecular formula is C28H38N4O3. The fraction of sp³-hybridized carbons (Fsp3) is 0.464. The average Bonchev–Trinajstić information content (AvgIpc) is 3.16. The van der Waals surface area contributed by atoms with Crippen molar-refractivity contribution in [2.75, 3.05) is 45.9 Å². The molecule has 1 saturated heterocycles. The molecule has 0 unspecified atom stereocenters. The van der Waals surface area contributed by atoms with Crippen LogP contribution in [0.15, 0.2) is 54.6 Å². The number of aromatic nitrogens is 2. The van der Waals surface area contributed by atoms with E-state index in [1.54, 1.807) is 0 Å². The fourth-order valence-electron chi connectivity index (χ4n) is 4.58. The van der Waals surface area contributed by atoms with Gasteiger partial charge in [0.05, 0.1) is 24.9 Å². The lowest BCUT2D eigenvalue weighted by Crippen LogP contribution is -2.44. The smallest absolute Gasteiger partial charge is 0.222 e. The van der Waals surface area contributed by atoms with E-state index in [2.05, 4.69) is 47.9 Å². The van der Waals surface area contributed by atoms with E-state index < -0.39 is 6.10 Å². The second-order valence-electron chi connectivity index (χ2n) is 9.34. The van der Waals surface area contributed by atoms with Crippen molar-refractivity contribution < 1.29 is 14.6 Å². The van der Waals surface area contributed by atoms with Crippen molar-refractivity contribution in [3.63, 3.8) is 0 Å². The van der Waals surface area contributed by atoms with Gasteiger partial charge in [-0.25, -0.2) is 4.68 Å². The lowest BCUT2D eigenvalue weighted by atomic mass is 10.1. The second-order valence-corrected chi connectivity index (χ2v) is 9.34. The standard InChI is InChI=1S/C28H38N4O3/c1-4-14-32(20-24(33)19-31-15-17-34-18-16-31)21-26-27(23-8-6-5-7-9-23)29-30(3)28(26)35-25-12-10-22(2)11-13-25/h5-13,24,33H,4,14-21H2,1-3H3/t24-/m0/s1. The molecule has 0 bridgehead atoms. The van der Waals surface area contributed by atoms with Crippen LogP contribution >= 0.6 is 0 Å². The Bertz CT molecular complexity index is 1050. The molecule has 0 saturated carbocycles. The third-order valence-electron chi connectivity index (χ3n) is 6.33. The molecule has 35 heavy (non-hydrogen) atoms. The minimum absolute atomic E-state index is 0.432. The Labute approximate surface area is 208 Å². The van der Waals surface area contributed by atoms with Gasteiger partial charge in [-0.3, -0.25) is 9.80 Å². The first-order valence-electron chi connectivity index (χ1n) is 12.6. The summed E-state index contributed by atoms with van der Waals surface area (Å²) in [6.45, 7) is 10.3. The quantitative estimate of drug-likeness (QED) is 0.448. The van der Waals surface area contributed by atoms with Gasteiger partial charge in [-0.05, 0) is 32.0 Å². The SMILES string of the molecule is CCCN(Cc1c(-c2ccccc2)nn(C)c1Oc1ccc(C)cc1)C[C@@H](O)CN1CCOCC1. The first-order chi connectivity index (χ1) is 17.0. The number of hydrogen-bond acceptors (Lipinski definition) is 6. The fourth-order valence-corrected chi connectivity index (χ4v) is 4.58. The normalized spacial score (nSPS) is 15.5. The van der Waals surface area contributed by atoms with E-state index in [-0.39, 0.29) is 0 Å². The van der Waals surface area contributed by atoms with Crippen LogP contribution in [0.1, 0.15) is 24.5 Å². The molecule has 1 N–H and O–H groups in total. The van der Waals surface area contributed by atoms with Gasteiger partial charge in [0.2, 0.25) is 5.88 Å². The maximum atomic E-state index is 10.9. The highest BCUT2D eigenvalue weighted by molar-refractivity contribution is 5.65. The number of aliphatic hydroxyl groups is 1. The largest absolute Gasteiger partial charge is 0.439 e. The van der Waals surface area contributed by atoms with Crippen LogP contribution in [0.25, 0.3) is 11.3 Å². The highest BCUT2D eigenvalue weighted by Crippen LogP contribution is 2.34. The number of nitrogens with zero attached hydrogens (tertiary/aromatic N) is 4. The van der Waals surface area contributed by atoms with Crippen molar-refractivity contribution in [1.29, 1.82) is 0 Å². The summed E-state index contributed by atoms with van der Waals surface area (Å²) in [7, 11) is 1.93. The maximum absolute atomic E-state index is 10.9. The zero-order valence-electron chi connectivity index (χ0n) is 21.2. The van der Waals surface area contributed by atoms with E-state index >= 15 is 0 Å². The summed E-state index contributed by atoms with van der Waals surface area (Å²) >= 11 is 0. The van der Waals surface area contributed by atoms with E-state index in [0.717, 1.165) is 67.7 Å². The Morgan fingerprint density at radius 3 is 2.49 bits per heavy atom. The van der Waals surface area contributed by atoms with E-state index in [9.17, 15) is 5.11 Å². The minimum Gasteiger partial charge on any atom is -0.439 e. The highest BCUT2D eigenvalue weighted by atomic mass is 16.5. The molecule has 0 aliphatic carbocycles. The molecule has 3 aromatic rings. The molecule has 1 aliphatic heterocycles.